The number of ether oxygens (including phenoxy) is 2. The zero-order valence-electron chi connectivity index (χ0n) is 21.1. The molecule has 0 radical (unpaired) electrons. The third-order valence-corrected chi connectivity index (χ3v) is 7.04. The Morgan fingerprint density at radius 2 is 2.00 bits per heavy atom. The van der Waals surface area contributed by atoms with Crippen LogP contribution in [0, 0.1) is 5.92 Å². The second kappa shape index (κ2) is 10.2. The summed E-state index contributed by atoms with van der Waals surface area (Å²) in [5.74, 6) is 2.19. The molecule has 4 atom stereocenters. The number of likely N-dealkylation sites (N-methyl/N-ethyl adjacent to an activating group) is 1. The minimum absolute atomic E-state index is 0.0193. The molecule has 2 aliphatic rings. The summed E-state index contributed by atoms with van der Waals surface area (Å²) >= 11 is 6.51. The van der Waals surface area contributed by atoms with Crippen LogP contribution in [0.25, 0.3) is 0 Å². The average molecular weight is 503 g/mol. The molecular formula is C26H35ClN4O4. The molecule has 1 aromatic heterocycles. The predicted molar refractivity (Wildman–Crippen MR) is 135 cm³/mol. The van der Waals surface area contributed by atoms with Gasteiger partial charge >= 0.3 is 0 Å². The Bertz CT molecular complexity index is 1040. The Hall–Kier alpha value is -2.58. The molecule has 0 bridgehead atoms. The van der Waals surface area contributed by atoms with Gasteiger partial charge in [0.1, 0.15) is 29.8 Å². The third kappa shape index (κ3) is 6.16. The number of halogens is 1. The Morgan fingerprint density at radius 1 is 1.31 bits per heavy atom. The zero-order chi connectivity index (χ0) is 25.3. The molecule has 1 aliphatic carbocycles. The van der Waals surface area contributed by atoms with Gasteiger partial charge in [0.25, 0.3) is 0 Å². The van der Waals surface area contributed by atoms with Gasteiger partial charge in [-0.15, -0.1) is 0 Å². The van der Waals surface area contributed by atoms with Gasteiger partial charge < -0.3 is 24.4 Å². The SMILES string of the molecule is CC(C(=O)N(C)C1CC1C)c1ccc(O[C@@H]2CCN(c3ncnc(OCC(C)(C)O)c3Cl)C2)cc1. The van der Waals surface area contributed by atoms with Crippen LogP contribution >= 0.6 is 11.6 Å². The number of hydrogen-bond donors (Lipinski definition) is 1. The van der Waals surface area contributed by atoms with Crippen LogP contribution in [0.15, 0.2) is 30.6 Å². The molecule has 3 unspecified atom stereocenters. The van der Waals surface area contributed by atoms with E-state index >= 15 is 0 Å². The van der Waals surface area contributed by atoms with Crippen LogP contribution in [0.2, 0.25) is 5.02 Å². The van der Waals surface area contributed by atoms with Crippen molar-refractivity contribution in [3.05, 3.63) is 41.2 Å². The monoisotopic (exact) mass is 502 g/mol. The molecule has 2 aromatic rings. The van der Waals surface area contributed by atoms with Crippen molar-refractivity contribution in [3.63, 3.8) is 0 Å². The molecule has 9 heteroatoms. The van der Waals surface area contributed by atoms with Crippen molar-refractivity contribution < 1.29 is 19.4 Å². The van der Waals surface area contributed by atoms with E-state index in [1.54, 1.807) is 13.8 Å². The van der Waals surface area contributed by atoms with E-state index in [9.17, 15) is 9.90 Å². The van der Waals surface area contributed by atoms with Crippen LogP contribution in [-0.2, 0) is 4.79 Å². The summed E-state index contributed by atoms with van der Waals surface area (Å²) in [5, 5.41) is 10.2. The first-order valence-electron chi connectivity index (χ1n) is 12.2. The smallest absolute Gasteiger partial charge is 0.238 e. The summed E-state index contributed by atoms with van der Waals surface area (Å²) in [6.45, 7) is 8.89. The van der Waals surface area contributed by atoms with Crippen molar-refractivity contribution in [1.29, 1.82) is 0 Å². The van der Waals surface area contributed by atoms with Crippen molar-refractivity contribution in [2.75, 3.05) is 31.6 Å². The van der Waals surface area contributed by atoms with E-state index in [2.05, 4.69) is 21.8 Å². The molecule has 0 spiro atoms. The number of anilines is 1. The van der Waals surface area contributed by atoms with Crippen LogP contribution in [0.3, 0.4) is 0 Å². The Labute approximate surface area is 212 Å². The summed E-state index contributed by atoms with van der Waals surface area (Å²) in [6.07, 6.45) is 3.31. The fourth-order valence-corrected chi connectivity index (χ4v) is 4.68. The Balaban J connectivity index is 1.33. The van der Waals surface area contributed by atoms with Gasteiger partial charge in [-0.25, -0.2) is 9.97 Å². The average Bonchev–Trinajstić information content (AvgIpc) is 3.37. The summed E-state index contributed by atoms with van der Waals surface area (Å²) in [5.41, 5.74) is -0.00482. The first-order chi connectivity index (χ1) is 16.5. The zero-order valence-corrected chi connectivity index (χ0v) is 21.8. The maximum atomic E-state index is 12.8. The van der Waals surface area contributed by atoms with Crippen molar-refractivity contribution in [2.24, 2.45) is 5.92 Å². The largest absolute Gasteiger partial charge is 0.489 e. The number of rotatable bonds is 9. The molecule has 1 aromatic carbocycles. The lowest BCUT2D eigenvalue weighted by atomic mass is 9.99. The van der Waals surface area contributed by atoms with E-state index in [1.165, 1.54) is 6.33 Å². The van der Waals surface area contributed by atoms with Crippen molar-refractivity contribution in [3.8, 4) is 11.6 Å². The van der Waals surface area contributed by atoms with E-state index in [4.69, 9.17) is 21.1 Å². The van der Waals surface area contributed by atoms with Crippen LogP contribution in [0.5, 0.6) is 11.6 Å². The summed E-state index contributed by atoms with van der Waals surface area (Å²) in [7, 11) is 1.91. The molecule has 2 fully saturated rings. The first kappa shape index (κ1) is 25.5. The van der Waals surface area contributed by atoms with Crippen molar-refractivity contribution in [1.82, 2.24) is 14.9 Å². The highest BCUT2D eigenvalue weighted by Gasteiger charge is 2.39. The van der Waals surface area contributed by atoms with Crippen LogP contribution in [-0.4, -0.2) is 70.4 Å². The lowest BCUT2D eigenvalue weighted by Crippen LogP contribution is -2.33. The van der Waals surface area contributed by atoms with Crippen molar-refractivity contribution in [2.45, 2.75) is 64.2 Å². The maximum absolute atomic E-state index is 12.8. The second-order valence-corrected chi connectivity index (χ2v) is 10.8. The molecule has 1 saturated heterocycles. The molecule has 190 valence electrons. The third-order valence-electron chi connectivity index (χ3n) is 6.71. The minimum Gasteiger partial charge on any atom is -0.489 e. The number of amides is 1. The van der Waals surface area contributed by atoms with E-state index < -0.39 is 5.60 Å². The minimum atomic E-state index is -0.993. The highest BCUT2D eigenvalue weighted by atomic mass is 35.5. The van der Waals surface area contributed by atoms with Gasteiger partial charge in [-0.05, 0) is 50.8 Å². The number of hydrogen-bond acceptors (Lipinski definition) is 7. The van der Waals surface area contributed by atoms with Gasteiger partial charge in [0, 0.05) is 26.1 Å². The Morgan fingerprint density at radius 3 is 2.63 bits per heavy atom. The van der Waals surface area contributed by atoms with E-state index in [0.717, 1.165) is 30.7 Å². The van der Waals surface area contributed by atoms with Gasteiger partial charge in [-0.2, -0.15) is 0 Å². The van der Waals surface area contributed by atoms with E-state index in [0.29, 0.717) is 29.3 Å². The summed E-state index contributed by atoms with van der Waals surface area (Å²) in [4.78, 5) is 25.2. The lowest BCUT2D eigenvalue weighted by molar-refractivity contribution is -0.131. The number of carbonyl (C=O) groups excluding carboxylic acids is 1. The number of carbonyl (C=O) groups is 1. The molecule has 1 N–H and O–H groups in total. The number of aromatic nitrogens is 2. The molecule has 1 amide bonds. The lowest BCUT2D eigenvalue weighted by Gasteiger charge is -2.22. The second-order valence-electron chi connectivity index (χ2n) is 10.4. The summed E-state index contributed by atoms with van der Waals surface area (Å²) < 4.78 is 11.8. The first-order valence-corrected chi connectivity index (χ1v) is 12.5. The predicted octanol–water partition coefficient (Wildman–Crippen LogP) is 3.91. The number of nitrogens with zero attached hydrogens (tertiary/aromatic N) is 4. The standard InChI is InChI=1S/C26H35ClN4O4/c1-16-12-21(16)30(5)25(32)17(2)18-6-8-19(9-7-18)35-20-10-11-31(13-20)23-22(27)24(29-15-28-23)34-14-26(3,4)33/h6-9,15-17,20-21,33H,10-14H2,1-5H3/t16?,17?,20-,21?/m1/s1. The molecule has 2 heterocycles. The molecule has 8 nitrogen and oxygen atoms in total. The number of benzene rings is 1. The fraction of sp³-hybridized carbons (Fsp3) is 0.577. The van der Waals surface area contributed by atoms with Crippen LogP contribution < -0.4 is 14.4 Å². The van der Waals surface area contributed by atoms with Crippen molar-refractivity contribution >= 4 is 23.3 Å². The topological polar surface area (TPSA) is 88.0 Å². The maximum Gasteiger partial charge on any atom is 0.238 e. The van der Waals surface area contributed by atoms with E-state index in [-0.39, 0.29) is 30.4 Å². The molecule has 35 heavy (non-hydrogen) atoms. The normalized spacial score (nSPS) is 22.6. The van der Waals surface area contributed by atoms with Crippen LogP contribution in [0.4, 0.5) is 5.82 Å². The number of aliphatic hydroxyl groups is 1. The van der Waals surface area contributed by atoms with E-state index in [1.807, 2.05) is 43.1 Å². The Kier molecular flexibility index (Phi) is 7.43. The molecule has 1 saturated carbocycles. The highest BCUT2D eigenvalue weighted by Crippen LogP contribution is 2.36. The highest BCUT2D eigenvalue weighted by molar-refractivity contribution is 6.34. The van der Waals surface area contributed by atoms with Gasteiger partial charge in [0.05, 0.1) is 18.1 Å². The van der Waals surface area contributed by atoms with Gasteiger partial charge in [-0.3, -0.25) is 4.79 Å². The molecule has 4 rings (SSSR count). The van der Waals surface area contributed by atoms with Crippen LogP contribution in [0.1, 0.15) is 52.0 Å². The summed E-state index contributed by atoms with van der Waals surface area (Å²) in [6, 6.07) is 8.19. The quantitative estimate of drug-likeness (QED) is 0.556. The molecule has 1 aliphatic heterocycles. The van der Waals surface area contributed by atoms with Gasteiger partial charge in [0.15, 0.2) is 5.82 Å². The fourth-order valence-electron chi connectivity index (χ4n) is 4.41. The van der Waals surface area contributed by atoms with Gasteiger partial charge in [-0.1, -0.05) is 30.7 Å². The molecular weight excluding hydrogens is 468 g/mol. The van der Waals surface area contributed by atoms with Gasteiger partial charge in [0.2, 0.25) is 11.8 Å².